The van der Waals surface area contributed by atoms with Gasteiger partial charge in [0, 0.05) is 12.8 Å². The maximum atomic E-state index is 13.6. The normalized spacial score (nSPS) is 14.2. The molecule has 0 spiro atoms. The molecule has 81 heavy (non-hydrogen) atoms. The summed E-state index contributed by atoms with van der Waals surface area (Å²) in [5.74, 6) is -0.553. The Hall–Kier alpha value is -3.07. The molecule has 3 unspecified atom stereocenters. The lowest BCUT2D eigenvalue weighted by molar-refractivity contribution is -0.870. The van der Waals surface area contributed by atoms with Crippen LogP contribution in [0.5, 0.6) is 0 Å². The molecule has 0 aliphatic rings. The van der Waals surface area contributed by atoms with E-state index in [4.69, 9.17) is 13.8 Å². The number of esters is 1. The van der Waals surface area contributed by atoms with Crippen molar-refractivity contribution in [2.24, 2.45) is 0 Å². The summed E-state index contributed by atoms with van der Waals surface area (Å²) in [4.78, 5) is 40.1. The Morgan fingerprint density at radius 1 is 0.444 bits per heavy atom. The Balaban J connectivity index is 5.06. The zero-order valence-electron chi connectivity index (χ0n) is 53.5. The second-order valence-corrected chi connectivity index (χ2v) is 25.0. The summed E-state index contributed by atoms with van der Waals surface area (Å²) in [6, 6.07) is -0.898. The molecule has 0 aliphatic carbocycles. The molecule has 0 aromatic heterocycles. The number of rotatable bonds is 60. The van der Waals surface area contributed by atoms with Crippen molar-refractivity contribution in [3.63, 3.8) is 0 Å². The molecule has 0 saturated carbocycles. The molecule has 0 bridgehead atoms. The van der Waals surface area contributed by atoms with E-state index >= 15 is 0 Å². The maximum Gasteiger partial charge on any atom is 0.306 e. The first-order valence-corrected chi connectivity index (χ1v) is 35.0. The van der Waals surface area contributed by atoms with Gasteiger partial charge in [-0.1, -0.05) is 266 Å². The maximum absolute atomic E-state index is 13.6. The molecule has 0 aromatic rings. The van der Waals surface area contributed by atoms with E-state index in [9.17, 15) is 19.0 Å². The van der Waals surface area contributed by atoms with Crippen LogP contribution in [0.2, 0.25) is 0 Å². The molecular formula is C71H127N2O7P. The fourth-order valence-electron chi connectivity index (χ4n) is 9.34. The minimum atomic E-state index is -4.71. The number of amides is 1. The molecule has 1 amide bonds. The average molecular weight is 1150 g/mol. The lowest BCUT2D eigenvalue weighted by Gasteiger charge is -2.30. The highest BCUT2D eigenvalue weighted by Gasteiger charge is 2.27. The van der Waals surface area contributed by atoms with Crippen molar-refractivity contribution < 1.29 is 37.3 Å². The van der Waals surface area contributed by atoms with Gasteiger partial charge in [-0.2, -0.15) is 0 Å². The number of allylic oxidation sites excluding steroid dienone is 15. The number of phosphoric ester groups is 1. The van der Waals surface area contributed by atoms with Gasteiger partial charge in [0.15, 0.2) is 0 Å². The van der Waals surface area contributed by atoms with Crippen LogP contribution >= 0.6 is 7.82 Å². The summed E-state index contributed by atoms with van der Waals surface area (Å²) in [6.45, 7) is 6.70. The van der Waals surface area contributed by atoms with Gasteiger partial charge in [-0.05, 0) is 109 Å². The van der Waals surface area contributed by atoms with Crippen molar-refractivity contribution in [1.82, 2.24) is 5.32 Å². The summed E-state index contributed by atoms with van der Waals surface area (Å²) >= 11 is 0. The summed E-state index contributed by atoms with van der Waals surface area (Å²) in [5, 5.41) is 3.03. The Morgan fingerprint density at radius 2 is 0.790 bits per heavy atom. The number of ether oxygens (including phenoxy) is 1. The van der Waals surface area contributed by atoms with Gasteiger partial charge in [0.1, 0.15) is 19.3 Å². The minimum Gasteiger partial charge on any atom is -0.756 e. The second-order valence-electron chi connectivity index (χ2n) is 23.6. The van der Waals surface area contributed by atoms with Gasteiger partial charge in [0.05, 0.1) is 33.8 Å². The van der Waals surface area contributed by atoms with Gasteiger partial charge in [-0.3, -0.25) is 14.2 Å². The monoisotopic (exact) mass is 1150 g/mol. The van der Waals surface area contributed by atoms with E-state index in [0.717, 1.165) is 122 Å². The SMILES string of the molecule is CC/C=C\C/C=C\C/C=C\C/C=C\C/C=C\CCCCCCCCCCCCCC(=O)NC(COP(=O)([O-])OCC[N+](C)(C)C)C(/C=C\CCCCCCCCCCC)OC(=O)CCCCCCCCC/C=C\C/C=C\CCCCC. The van der Waals surface area contributed by atoms with Gasteiger partial charge in [0.25, 0.3) is 7.82 Å². The van der Waals surface area contributed by atoms with Crippen LogP contribution < -0.4 is 10.2 Å². The Morgan fingerprint density at radius 3 is 1.21 bits per heavy atom. The van der Waals surface area contributed by atoms with Crippen molar-refractivity contribution in [2.45, 2.75) is 303 Å². The van der Waals surface area contributed by atoms with E-state index in [1.807, 2.05) is 33.3 Å². The van der Waals surface area contributed by atoms with E-state index in [2.05, 4.69) is 111 Å². The third kappa shape index (κ3) is 61.3. The standard InChI is InChI=1S/C71H127N2O7P/c1-7-10-13-16-19-22-25-27-29-31-32-33-34-35-36-37-38-39-40-42-43-45-48-51-54-57-60-63-70(74)72-68(67-79-81(76,77)78-66-65-73(4,5)6)69(62-59-56-53-50-47-24-21-18-15-12-9-3)80-71(75)64-61-58-55-52-49-46-44-41-30-28-26-23-20-17-14-11-8-2/h10,13,19-20,22-23,27-30,32-33,35-36,59,62,68-69H,7-9,11-12,14-18,21,24-26,31,34,37-58,60-61,63-67H2,1-6H3,(H-,72,74,76,77)/b13-10-,22-19-,23-20-,29-27-,30-28-,33-32-,36-35-,62-59-. The highest BCUT2D eigenvalue weighted by molar-refractivity contribution is 7.45. The zero-order chi connectivity index (χ0) is 59.3. The quantitative estimate of drug-likeness (QED) is 0.0212. The number of nitrogens with one attached hydrogen (secondary N) is 1. The third-order valence-electron chi connectivity index (χ3n) is 14.5. The topological polar surface area (TPSA) is 114 Å². The molecule has 0 aliphatic heterocycles. The molecule has 0 aromatic carbocycles. The largest absolute Gasteiger partial charge is 0.756 e. The summed E-state index contributed by atoms with van der Waals surface area (Å²) in [7, 11) is 1.17. The molecule has 0 rings (SSSR count). The van der Waals surface area contributed by atoms with Gasteiger partial charge >= 0.3 is 5.97 Å². The van der Waals surface area contributed by atoms with Crippen LogP contribution in [0.15, 0.2) is 97.2 Å². The van der Waals surface area contributed by atoms with Gasteiger partial charge in [-0.25, -0.2) is 0 Å². The lowest BCUT2D eigenvalue weighted by atomic mass is 10.0. The highest BCUT2D eigenvalue weighted by Crippen LogP contribution is 2.38. The van der Waals surface area contributed by atoms with Crippen LogP contribution in [0, 0.1) is 0 Å². The number of nitrogens with zero attached hydrogens (tertiary/aromatic N) is 1. The van der Waals surface area contributed by atoms with Gasteiger partial charge in [0.2, 0.25) is 5.91 Å². The fourth-order valence-corrected chi connectivity index (χ4v) is 10.1. The molecule has 9 nitrogen and oxygen atoms in total. The van der Waals surface area contributed by atoms with E-state index in [1.54, 1.807) is 0 Å². The molecule has 468 valence electrons. The molecule has 1 N–H and O–H groups in total. The smallest absolute Gasteiger partial charge is 0.306 e. The number of quaternary nitrogens is 1. The van der Waals surface area contributed by atoms with E-state index < -0.39 is 26.6 Å². The Kier molecular flexibility index (Phi) is 57.8. The van der Waals surface area contributed by atoms with Crippen molar-refractivity contribution >= 4 is 19.7 Å². The number of hydrogen-bond acceptors (Lipinski definition) is 7. The van der Waals surface area contributed by atoms with Crippen LogP contribution in [-0.4, -0.2) is 69.4 Å². The first-order chi connectivity index (χ1) is 39.4. The number of carbonyl (C=O) groups is 2. The van der Waals surface area contributed by atoms with Crippen LogP contribution in [0.4, 0.5) is 0 Å². The average Bonchev–Trinajstić information content (AvgIpc) is 3.43. The highest BCUT2D eigenvalue weighted by atomic mass is 31.2. The molecule has 0 radical (unpaired) electrons. The second kappa shape index (κ2) is 60.1. The van der Waals surface area contributed by atoms with Crippen LogP contribution in [0.25, 0.3) is 0 Å². The Labute approximate surface area is 500 Å². The Bertz CT molecular complexity index is 1710. The number of phosphoric acid groups is 1. The predicted molar refractivity (Wildman–Crippen MR) is 348 cm³/mol. The lowest BCUT2D eigenvalue weighted by Crippen LogP contribution is -2.47. The zero-order valence-corrected chi connectivity index (χ0v) is 54.4. The van der Waals surface area contributed by atoms with E-state index in [0.29, 0.717) is 17.4 Å². The van der Waals surface area contributed by atoms with Crippen molar-refractivity contribution in [3.8, 4) is 0 Å². The number of carbonyl (C=O) groups excluding carboxylic acids is 2. The van der Waals surface area contributed by atoms with Crippen molar-refractivity contribution in [3.05, 3.63) is 97.2 Å². The number of unbranched alkanes of at least 4 members (excludes halogenated alkanes) is 30. The molecule has 3 atom stereocenters. The molecule has 0 heterocycles. The minimum absolute atomic E-state index is 0.0277. The molecular weight excluding hydrogens is 1020 g/mol. The number of hydrogen-bond donors (Lipinski definition) is 1. The molecule has 0 saturated heterocycles. The van der Waals surface area contributed by atoms with Crippen molar-refractivity contribution in [2.75, 3.05) is 40.9 Å². The third-order valence-corrected chi connectivity index (χ3v) is 15.5. The van der Waals surface area contributed by atoms with E-state index in [-0.39, 0.29) is 24.9 Å². The molecule has 0 fully saturated rings. The van der Waals surface area contributed by atoms with Crippen molar-refractivity contribution in [1.29, 1.82) is 0 Å². The summed E-state index contributed by atoms with van der Waals surface area (Å²) in [6.07, 6.45) is 80.9. The van der Waals surface area contributed by atoms with Crippen LogP contribution in [-0.2, 0) is 27.9 Å². The van der Waals surface area contributed by atoms with E-state index in [1.165, 1.54) is 135 Å². The van der Waals surface area contributed by atoms with Gasteiger partial charge in [-0.15, -0.1) is 0 Å². The molecule has 10 heteroatoms. The summed E-state index contributed by atoms with van der Waals surface area (Å²) in [5.41, 5.74) is 0. The van der Waals surface area contributed by atoms with Crippen LogP contribution in [0.3, 0.4) is 0 Å². The fraction of sp³-hybridized carbons (Fsp3) is 0.746. The van der Waals surface area contributed by atoms with Gasteiger partial charge < -0.3 is 28.5 Å². The first kappa shape index (κ1) is 77.9. The first-order valence-electron chi connectivity index (χ1n) is 33.5. The van der Waals surface area contributed by atoms with Crippen LogP contribution in [0.1, 0.15) is 290 Å². The number of likely N-dealkylation sites (N-methyl/N-ethyl adjacent to an activating group) is 1. The predicted octanol–water partition coefficient (Wildman–Crippen LogP) is 20.5. The summed E-state index contributed by atoms with van der Waals surface area (Å²) < 4.78 is 30.4.